The van der Waals surface area contributed by atoms with Crippen molar-refractivity contribution in [2.24, 2.45) is 0 Å². The van der Waals surface area contributed by atoms with Gasteiger partial charge in [0.15, 0.2) is 0 Å². The molecule has 0 aliphatic carbocycles. The highest BCUT2D eigenvalue weighted by atomic mass is 16.3. The van der Waals surface area contributed by atoms with Crippen LogP contribution in [0.3, 0.4) is 0 Å². The van der Waals surface area contributed by atoms with Gasteiger partial charge in [-0.2, -0.15) is 0 Å². The summed E-state index contributed by atoms with van der Waals surface area (Å²) in [5.74, 6) is 0.243. The molecule has 0 saturated carbocycles. The minimum atomic E-state index is 0.243. The van der Waals surface area contributed by atoms with Gasteiger partial charge >= 0.3 is 0 Å². The third-order valence-corrected chi connectivity index (χ3v) is 2.64. The Kier molecular flexibility index (Phi) is 2.99. The molecule has 0 aromatic carbocycles. The molecule has 2 rings (SSSR count). The zero-order chi connectivity index (χ0) is 9.80. The molecular weight excluding hydrogens is 176 g/mol. The van der Waals surface area contributed by atoms with Gasteiger partial charge in [0.25, 0.3) is 0 Å². The summed E-state index contributed by atoms with van der Waals surface area (Å²) in [6.07, 6.45) is 5.48. The van der Waals surface area contributed by atoms with Crippen LogP contribution in [0.15, 0.2) is 18.3 Å². The van der Waals surface area contributed by atoms with E-state index in [2.05, 4.69) is 9.88 Å². The number of aromatic hydroxyl groups is 1. The van der Waals surface area contributed by atoms with Gasteiger partial charge in [0, 0.05) is 6.54 Å². The van der Waals surface area contributed by atoms with Gasteiger partial charge in [-0.1, -0.05) is 6.42 Å². The maximum Gasteiger partial charge on any atom is 0.133 e. The van der Waals surface area contributed by atoms with E-state index in [1.54, 1.807) is 6.07 Å². The molecule has 1 aliphatic heterocycles. The van der Waals surface area contributed by atoms with E-state index in [0.29, 0.717) is 0 Å². The zero-order valence-corrected chi connectivity index (χ0v) is 8.32. The minimum absolute atomic E-state index is 0.243. The van der Waals surface area contributed by atoms with Crippen molar-refractivity contribution in [3.63, 3.8) is 0 Å². The van der Waals surface area contributed by atoms with E-state index in [0.717, 1.165) is 12.2 Å². The molecule has 0 atom stereocenters. The number of pyridine rings is 1. The fourth-order valence-electron chi connectivity index (χ4n) is 1.86. The number of piperidine rings is 1. The molecule has 0 unspecified atom stereocenters. The molecule has 1 N–H and O–H groups in total. The molecule has 1 aliphatic rings. The molecule has 1 aromatic heterocycles. The van der Waals surface area contributed by atoms with Gasteiger partial charge in [0.05, 0.1) is 11.9 Å². The Morgan fingerprint density at radius 2 is 2.00 bits per heavy atom. The van der Waals surface area contributed by atoms with Crippen LogP contribution in [0, 0.1) is 0 Å². The van der Waals surface area contributed by atoms with Crippen LogP contribution in [0.1, 0.15) is 25.0 Å². The first-order valence-corrected chi connectivity index (χ1v) is 5.21. The standard InChI is InChI=1S/C11H16N2O/c14-11-5-4-10(12-8-11)9-13-6-2-1-3-7-13/h4-5,8,14H,1-3,6-7,9H2. The highest BCUT2D eigenvalue weighted by molar-refractivity contribution is 5.17. The molecule has 76 valence electrons. The summed E-state index contributed by atoms with van der Waals surface area (Å²) in [7, 11) is 0. The van der Waals surface area contributed by atoms with Crippen LogP contribution < -0.4 is 0 Å². The number of hydrogen-bond acceptors (Lipinski definition) is 3. The summed E-state index contributed by atoms with van der Waals surface area (Å²) in [5.41, 5.74) is 1.05. The van der Waals surface area contributed by atoms with Crippen LogP contribution in [0.2, 0.25) is 0 Å². The molecule has 0 spiro atoms. The fourth-order valence-corrected chi connectivity index (χ4v) is 1.86. The highest BCUT2D eigenvalue weighted by Crippen LogP contribution is 2.13. The van der Waals surface area contributed by atoms with Crippen LogP contribution in [0.5, 0.6) is 5.75 Å². The molecule has 0 amide bonds. The van der Waals surface area contributed by atoms with E-state index < -0.39 is 0 Å². The summed E-state index contributed by atoms with van der Waals surface area (Å²) in [4.78, 5) is 6.60. The van der Waals surface area contributed by atoms with E-state index in [-0.39, 0.29) is 5.75 Å². The lowest BCUT2D eigenvalue weighted by molar-refractivity contribution is 0.218. The Bertz CT molecular complexity index is 278. The lowest BCUT2D eigenvalue weighted by Crippen LogP contribution is -2.29. The second-order valence-corrected chi connectivity index (χ2v) is 3.84. The quantitative estimate of drug-likeness (QED) is 0.775. The molecule has 14 heavy (non-hydrogen) atoms. The van der Waals surface area contributed by atoms with E-state index in [1.807, 2.05) is 6.07 Å². The predicted molar refractivity (Wildman–Crippen MR) is 55.0 cm³/mol. The summed E-state index contributed by atoms with van der Waals surface area (Å²) in [6, 6.07) is 3.59. The van der Waals surface area contributed by atoms with Crippen molar-refractivity contribution in [3.05, 3.63) is 24.0 Å². The van der Waals surface area contributed by atoms with Crippen molar-refractivity contribution in [3.8, 4) is 5.75 Å². The molecule has 0 bridgehead atoms. The molecule has 1 saturated heterocycles. The first kappa shape index (κ1) is 9.46. The third-order valence-electron chi connectivity index (χ3n) is 2.64. The Hall–Kier alpha value is -1.09. The molecule has 1 aromatic rings. The van der Waals surface area contributed by atoms with Gasteiger partial charge in [-0.15, -0.1) is 0 Å². The van der Waals surface area contributed by atoms with Crippen LogP contribution in [-0.4, -0.2) is 28.1 Å². The monoisotopic (exact) mass is 192 g/mol. The van der Waals surface area contributed by atoms with Crippen LogP contribution in [0.4, 0.5) is 0 Å². The molecule has 3 heteroatoms. The second kappa shape index (κ2) is 4.42. The van der Waals surface area contributed by atoms with Crippen molar-refractivity contribution in [1.82, 2.24) is 9.88 Å². The Balaban J connectivity index is 1.92. The van der Waals surface area contributed by atoms with Gasteiger partial charge in [-0.05, 0) is 38.1 Å². The van der Waals surface area contributed by atoms with Crippen molar-refractivity contribution in [2.45, 2.75) is 25.8 Å². The van der Waals surface area contributed by atoms with E-state index in [1.165, 1.54) is 38.5 Å². The maximum absolute atomic E-state index is 9.09. The minimum Gasteiger partial charge on any atom is -0.506 e. The smallest absolute Gasteiger partial charge is 0.133 e. The molecule has 3 nitrogen and oxygen atoms in total. The SMILES string of the molecule is Oc1ccc(CN2CCCCC2)nc1. The number of rotatable bonds is 2. The molecular formula is C11H16N2O. The summed E-state index contributed by atoms with van der Waals surface area (Å²) >= 11 is 0. The van der Waals surface area contributed by atoms with Crippen molar-refractivity contribution in [1.29, 1.82) is 0 Å². The Labute approximate surface area is 84.4 Å². The van der Waals surface area contributed by atoms with Gasteiger partial charge in [-0.3, -0.25) is 9.88 Å². The second-order valence-electron chi connectivity index (χ2n) is 3.84. The largest absolute Gasteiger partial charge is 0.506 e. The number of hydrogen-bond donors (Lipinski definition) is 1. The number of nitrogens with zero attached hydrogens (tertiary/aromatic N) is 2. The lowest BCUT2D eigenvalue weighted by atomic mass is 10.1. The predicted octanol–water partition coefficient (Wildman–Crippen LogP) is 1.77. The zero-order valence-electron chi connectivity index (χ0n) is 8.32. The number of aromatic nitrogens is 1. The van der Waals surface area contributed by atoms with Crippen molar-refractivity contribution >= 4 is 0 Å². The van der Waals surface area contributed by atoms with E-state index in [4.69, 9.17) is 5.11 Å². The normalized spacial score (nSPS) is 18.3. The highest BCUT2D eigenvalue weighted by Gasteiger charge is 2.10. The lowest BCUT2D eigenvalue weighted by Gasteiger charge is -2.25. The van der Waals surface area contributed by atoms with Crippen molar-refractivity contribution < 1.29 is 5.11 Å². The van der Waals surface area contributed by atoms with Crippen LogP contribution in [-0.2, 0) is 6.54 Å². The van der Waals surface area contributed by atoms with Crippen LogP contribution >= 0.6 is 0 Å². The Morgan fingerprint density at radius 1 is 1.21 bits per heavy atom. The van der Waals surface area contributed by atoms with Gasteiger partial charge in [0.2, 0.25) is 0 Å². The average Bonchev–Trinajstić information content (AvgIpc) is 2.23. The summed E-state index contributed by atoms with van der Waals surface area (Å²) in [5, 5.41) is 9.09. The molecule has 0 radical (unpaired) electrons. The Morgan fingerprint density at radius 3 is 2.64 bits per heavy atom. The maximum atomic E-state index is 9.09. The summed E-state index contributed by atoms with van der Waals surface area (Å²) in [6.45, 7) is 3.28. The topological polar surface area (TPSA) is 36.4 Å². The van der Waals surface area contributed by atoms with Crippen molar-refractivity contribution in [2.75, 3.05) is 13.1 Å². The summed E-state index contributed by atoms with van der Waals surface area (Å²) < 4.78 is 0. The van der Waals surface area contributed by atoms with E-state index in [9.17, 15) is 0 Å². The molecule has 2 heterocycles. The van der Waals surface area contributed by atoms with E-state index >= 15 is 0 Å². The van der Waals surface area contributed by atoms with Gasteiger partial charge in [-0.25, -0.2) is 0 Å². The first-order chi connectivity index (χ1) is 6.84. The molecule has 1 fully saturated rings. The first-order valence-electron chi connectivity index (χ1n) is 5.21. The third kappa shape index (κ3) is 2.45. The average molecular weight is 192 g/mol. The van der Waals surface area contributed by atoms with Crippen LogP contribution in [0.25, 0.3) is 0 Å². The van der Waals surface area contributed by atoms with Gasteiger partial charge < -0.3 is 5.11 Å². The number of likely N-dealkylation sites (tertiary alicyclic amines) is 1. The fraction of sp³-hybridized carbons (Fsp3) is 0.545. The van der Waals surface area contributed by atoms with Gasteiger partial charge in [0.1, 0.15) is 5.75 Å².